The number of rotatable bonds is 7. The smallest absolute Gasteiger partial charge is 0.343 e. The molecule has 1 fully saturated rings. The summed E-state index contributed by atoms with van der Waals surface area (Å²) in [5.41, 5.74) is 1.28. The van der Waals surface area contributed by atoms with Crippen LogP contribution in [0.2, 0.25) is 0 Å². The van der Waals surface area contributed by atoms with E-state index in [1.54, 1.807) is 84.9 Å². The molecule has 198 valence electrons. The largest absolute Gasteiger partial charge is 0.484 e. The first-order valence-corrected chi connectivity index (χ1v) is 12.2. The number of hydrogen-bond donors (Lipinski definition) is 1. The van der Waals surface area contributed by atoms with E-state index >= 15 is 0 Å². The predicted molar refractivity (Wildman–Crippen MR) is 148 cm³/mol. The number of nitrogens with one attached hydrogen (secondary N) is 1. The highest BCUT2D eigenvalue weighted by molar-refractivity contribution is 6.46. The minimum Gasteiger partial charge on any atom is -0.484 e. The molecule has 8 nitrogen and oxygen atoms in total. The van der Waals surface area contributed by atoms with Crippen molar-refractivity contribution in [2.75, 3.05) is 21.7 Å². The molecule has 4 aromatic rings. The Morgan fingerprint density at radius 2 is 1.32 bits per heavy atom. The number of imide groups is 2. The molecule has 0 radical (unpaired) electrons. The third-order valence-electron chi connectivity index (χ3n) is 5.95. The number of anilines is 3. The molecule has 5 rings (SSSR count). The van der Waals surface area contributed by atoms with Crippen molar-refractivity contribution in [3.63, 3.8) is 0 Å². The summed E-state index contributed by atoms with van der Waals surface area (Å²) in [5.74, 6) is -2.09. The van der Waals surface area contributed by atoms with Crippen LogP contribution in [-0.2, 0) is 14.4 Å². The highest BCUT2D eigenvalue weighted by Gasteiger charge is 2.43. The van der Waals surface area contributed by atoms with Crippen LogP contribution in [0.3, 0.4) is 0 Å². The first-order valence-electron chi connectivity index (χ1n) is 12.2. The van der Waals surface area contributed by atoms with Crippen LogP contribution < -0.4 is 19.9 Å². The number of nitrogens with zero attached hydrogens (tertiary/aromatic N) is 2. The van der Waals surface area contributed by atoms with E-state index in [2.05, 4.69) is 5.32 Å². The fourth-order valence-electron chi connectivity index (χ4n) is 4.08. The van der Waals surface area contributed by atoms with Crippen molar-refractivity contribution in [2.45, 2.75) is 0 Å². The van der Waals surface area contributed by atoms with Crippen molar-refractivity contribution in [1.29, 1.82) is 0 Å². The molecule has 1 heterocycles. The summed E-state index contributed by atoms with van der Waals surface area (Å²) in [6, 6.07) is 27.7. The van der Waals surface area contributed by atoms with Gasteiger partial charge in [-0.3, -0.25) is 14.4 Å². The second-order valence-corrected chi connectivity index (χ2v) is 8.71. The van der Waals surface area contributed by atoms with E-state index in [-0.39, 0.29) is 12.2 Å². The molecular weight excluding hydrogens is 513 g/mol. The molecule has 4 aromatic carbocycles. The van der Waals surface area contributed by atoms with E-state index in [0.717, 1.165) is 9.80 Å². The standard InChI is InChI=1S/C31H22FN3O5/c32-22-14-16-23(17-15-22)33-28(36)20-40-26-13-7-8-21(18-26)19-27-29(37)34(24-9-3-1-4-10-24)31(39)35(30(27)38)25-11-5-2-6-12-25/h1-19H,20H2,(H,33,36). The molecule has 0 atom stereocenters. The number of halogens is 1. The number of amides is 5. The number of carbonyl (C=O) groups excluding carboxylic acids is 4. The van der Waals surface area contributed by atoms with Gasteiger partial charge in [0.25, 0.3) is 17.7 Å². The molecule has 0 aromatic heterocycles. The lowest BCUT2D eigenvalue weighted by molar-refractivity contribution is -0.121. The zero-order chi connectivity index (χ0) is 28.1. The SMILES string of the molecule is O=C(COc1cccc(C=C2C(=O)N(c3ccccc3)C(=O)N(c3ccccc3)C2=O)c1)Nc1ccc(F)cc1. The van der Waals surface area contributed by atoms with Crippen molar-refractivity contribution in [3.8, 4) is 5.75 Å². The fourth-order valence-corrected chi connectivity index (χ4v) is 4.08. The van der Waals surface area contributed by atoms with Gasteiger partial charge in [-0.25, -0.2) is 19.0 Å². The number of para-hydroxylation sites is 2. The molecule has 1 aliphatic rings. The second-order valence-electron chi connectivity index (χ2n) is 8.71. The number of carbonyl (C=O) groups is 4. The average molecular weight is 536 g/mol. The number of urea groups is 1. The Balaban J connectivity index is 1.40. The van der Waals surface area contributed by atoms with Gasteiger partial charge in [0, 0.05) is 5.69 Å². The quantitative estimate of drug-likeness (QED) is 0.252. The summed E-state index contributed by atoms with van der Waals surface area (Å²) in [6.45, 7) is -0.326. The molecular formula is C31H22FN3O5. The van der Waals surface area contributed by atoms with Gasteiger partial charge in [-0.05, 0) is 72.3 Å². The van der Waals surface area contributed by atoms with Gasteiger partial charge in [-0.1, -0.05) is 48.5 Å². The predicted octanol–water partition coefficient (Wildman–Crippen LogP) is 5.43. The molecule has 0 spiro atoms. The first-order chi connectivity index (χ1) is 19.4. The lowest BCUT2D eigenvalue weighted by Gasteiger charge is -2.33. The van der Waals surface area contributed by atoms with Gasteiger partial charge in [0.1, 0.15) is 17.1 Å². The third kappa shape index (κ3) is 5.63. The maximum atomic E-state index is 13.5. The number of ether oxygens (including phenoxy) is 1. The Morgan fingerprint density at radius 1 is 0.750 bits per heavy atom. The summed E-state index contributed by atoms with van der Waals surface area (Å²) in [7, 11) is 0. The zero-order valence-corrected chi connectivity index (χ0v) is 21.0. The van der Waals surface area contributed by atoms with Crippen molar-refractivity contribution in [1.82, 2.24) is 0 Å². The van der Waals surface area contributed by atoms with Gasteiger partial charge in [-0.15, -0.1) is 0 Å². The summed E-state index contributed by atoms with van der Waals surface area (Å²) in [4.78, 5) is 54.6. The van der Waals surface area contributed by atoms with Gasteiger partial charge in [0.05, 0.1) is 11.4 Å². The van der Waals surface area contributed by atoms with Crippen LogP contribution in [0, 0.1) is 5.82 Å². The second kappa shape index (κ2) is 11.4. The monoisotopic (exact) mass is 535 g/mol. The normalized spacial score (nSPS) is 13.3. The maximum absolute atomic E-state index is 13.5. The van der Waals surface area contributed by atoms with Crippen molar-refractivity contribution >= 4 is 46.9 Å². The van der Waals surface area contributed by atoms with E-state index in [0.29, 0.717) is 28.4 Å². The van der Waals surface area contributed by atoms with Gasteiger partial charge >= 0.3 is 6.03 Å². The Labute approximate surface area is 228 Å². The van der Waals surface area contributed by atoms with Crippen LogP contribution in [0.25, 0.3) is 6.08 Å². The van der Waals surface area contributed by atoms with Crippen LogP contribution >= 0.6 is 0 Å². The van der Waals surface area contributed by atoms with E-state index < -0.39 is 29.6 Å². The molecule has 0 saturated carbocycles. The third-order valence-corrected chi connectivity index (χ3v) is 5.95. The number of hydrogen-bond acceptors (Lipinski definition) is 5. The molecule has 5 amide bonds. The molecule has 1 saturated heterocycles. The van der Waals surface area contributed by atoms with Gasteiger partial charge < -0.3 is 10.1 Å². The van der Waals surface area contributed by atoms with Crippen LogP contribution in [0.4, 0.5) is 26.2 Å². The molecule has 40 heavy (non-hydrogen) atoms. The molecule has 0 aliphatic carbocycles. The lowest BCUT2D eigenvalue weighted by Crippen LogP contribution is -2.57. The molecule has 1 N–H and O–H groups in total. The molecule has 0 unspecified atom stereocenters. The molecule has 9 heteroatoms. The summed E-state index contributed by atoms with van der Waals surface area (Å²) in [6.07, 6.45) is 1.38. The molecule has 0 bridgehead atoms. The minimum absolute atomic E-state index is 0.224. The van der Waals surface area contributed by atoms with Crippen LogP contribution in [-0.4, -0.2) is 30.4 Å². The Hall–Kier alpha value is -5.57. The molecule has 1 aliphatic heterocycles. The van der Waals surface area contributed by atoms with Crippen molar-refractivity contribution < 1.29 is 28.3 Å². The van der Waals surface area contributed by atoms with E-state index in [9.17, 15) is 23.6 Å². The Morgan fingerprint density at radius 3 is 1.90 bits per heavy atom. The average Bonchev–Trinajstić information content (AvgIpc) is 2.97. The van der Waals surface area contributed by atoms with Gasteiger partial charge in [0.15, 0.2) is 6.61 Å². The van der Waals surface area contributed by atoms with Crippen LogP contribution in [0.15, 0.2) is 115 Å². The summed E-state index contributed by atoms with van der Waals surface area (Å²) in [5, 5.41) is 2.60. The Kier molecular flexibility index (Phi) is 7.45. The highest BCUT2D eigenvalue weighted by atomic mass is 19.1. The van der Waals surface area contributed by atoms with Gasteiger partial charge in [-0.2, -0.15) is 0 Å². The Bertz CT molecular complexity index is 1540. The summed E-state index contributed by atoms with van der Waals surface area (Å²) < 4.78 is 18.7. The topological polar surface area (TPSA) is 96.0 Å². The number of barbiturate groups is 1. The first kappa shape index (κ1) is 26.1. The minimum atomic E-state index is -0.784. The zero-order valence-electron chi connectivity index (χ0n) is 21.0. The summed E-state index contributed by atoms with van der Waals surface area (Å²) >= 11 is 0. The van der Waals surface area contributed by atoms with Crippen molar-refractivity contribution in [2.24, 2.45) is 0 Å². The maximum Gasteiger partial charge on any atom is 0.343 e. The van der Waals surface area contributed by atoms with E-state index in [4.69, 9.17) is 4.74 Å². The fraction of sp³-hybridized carbons (Fsp3) is 0.0323. The van der Waals surface area contributed by atoms with E-state index in [1.807, 2.05) is 0 Å². The van der Waals surface area contributed by atoms with E-state index in [1.165, 1.54) is 30.3 Å². The highest BCUT2D eigenvalue weighted by Crippen LogP contribution is 2.30. The van der Waals surface area contributed by atoms with Crippen LogP contribution in [0.5, 0.6) is 5.75 Å². The van der Waals surface area contributed by atoms with Crippen LogP contribution in [0.1, 0.15) is 5.56 Å². The number of benzene rings is 4. The lowest BCUT2D eigenvalue weighted by atomic mass is 10.0. The van der Waals surface area contributed by atoms with Gasteiger partial charge in [0.2, 0.25) is 0 Å². The van der Waals surface area contributed by atoms with Crippen molar-refractivity contribution in [3.05, 3.63) is 126 Å².